The van der Waals surface area contributed by atoms with Crippen LogP contribution in [0.2, 0.25) is 0 Å². The Morgan fingerprint density at radius 2 is 1.64 bits per heavy atom. The molecule has 0 bridgehead atoms. The first-order valence-corrected chi connectivity index (χ1v) is 7.52. The van der Waals surface area contributed by atoms with Crippen LogP contribution in [-0.2, 0) is 10.2 Å². The van der Waals surface area contributed by atoms with Crippen molar-refractivity contribution in [3.8, 4) is 0 Å². The maximum Gasteiger partial charge on any atom is 0.0540 e. The SMILES string of the molecule is CC(=O)[O-].CCN(CC)CC(CC)(CO)c1ccccc1.Cl. The Labute approximate surface area is 140 Å². The van der Waals surface area contributed by atoms with Gasteiger partial charge in [0, 0.05) is 17.9 Å². The van der Waals surface area contributed by atoms with Crippen molar-refractivity contribution in [2.24, 2.45) is 0 Å². The second kappa shape index (κ2) is 12.4. The number of rotatable bonds is 7. The number of likely N-dealkylation sites (N-methyl/N-ethyl adjacent to an activating group) is 1. The largest absolute Gasteiger partial charge is 0.550 e. The van der Waals surface area contributed by atoms with Crippen molar-refractivity contribution >= 4 is 18.4 Å². The summed E-state index contributed by atoms with van der Waals surface area (Å²) in [5, 5.41) is 18.7. The van der Waals surface area contributed by atoms with E-state index in [-0.39, 0.29) is 24.4 Å². The fraction of sp³-hybridized carbons (Fsp3) is 0.588. The molecule has 1 rings (SSSR count). The van der Waals surface area contributed by atoms with Gasteiger partial charge in [-0.2, -0.15) is 0 Å². The molecule has 0 aromatic heterocycles. The number of carboxylic acids is 1. The second-order valence-electron chi connectivity index (χ2n) is 5.11. The number of aliphatic hydroxyl groups excluding tert-OH is 1. The molecule has 1 unspecified atom stereocenters. The van der Waals surface area contributed by atoms with Gasteiger partial charge in [0.2, 0.25) is 0 Å². The van der Waals surface area contributed by atoms with Gasteiger partial charge in [-0.3, -0.25) is 0 Å². The van der Waals surface area contributed by atoms with Crippen LogP contribution in [0.25, 0.3) is 0 Å². The predicted octanol–water partition coefficient (Wildman–Crippen LogP) is 1.85. The standard InChI is InChI=1S/C15H25NO.C2H4O2.ClH/c1-4-15(13-17,12-16(5-2)6-3)14-10-8-7-9-11-14;1-2(3)4;/h7-11,17H,4-6,12-13H2,1-3H3;1H3,(H,3,4);1H/p-1. The fourth-order valence-electron chi connectivity index (χ4n) is 2.33. The third kappa shape index (κ3) is 7.78. The van der Waals surface area contributed by atoms with Gasteiger partial charge < -0.3 is 19.9 Å². The summed E-state index contributed by atoms with van der Waals surface area (Å²) in [7, 11) is 0. The number of benzene rings is 1. The normalized spacial score (nSPS) is 12.6. The molecule has 1 atom stereocenters. The highest BCUT2D eigenvalue weighted by molar-refractivity contribution is 5.85. The summed E-state index contributed by atoms with van der Waals surface area (Å²) in [5.74, 6) is -1.08. The molecule has 5 heteroatoms. The number of carboxylic acid groups (broad SMARTS) is 1. The summed E-state index contributed by atoms with van der Waals surface area (Å²) in [6.07, 6.45) is 0.962. The highest BCUT2D eigenvalue weighted by atomic mass is 35.5. The van der Waals surface area contributed by atoms with Crippen LogP contribution in [0.3, 0.4) is 0 Å². The molecular weight excluding hydrogens is 302 g/mol. The molecule has 1 aromatic rings. The minimum Gasteiger partial charge on any atom is -0.550 e. The average molecular weight is 331 g/mol. The monoisotopic (exact) mass is 330 g/mol. The van der Waals surface area contributed by atoms with E-state index < -0.39 is 5.97 Å². The lowest BCUT2D eigenvalue weighted by Crippen LogP contribution is -2.43. The van der Waals surface area contributed by atoms with Gasteiger partial charge in [0.25, 0.3) is 0 Å². The van der Waals surface area contributed by atoms with Crippen LogP contribution in [0.5, 0.6) is 0 Å². The molecule has 22 heavy (non-hydrogen) atoms. The first-order valence-electron chi connectivity index (χ1n) is 7.52. The number of carbonyl (C=O) groups is 1. The molecule has 0 radical (unpaired) electrons. The Balaban J connectivity index is 0. The maximum atomic E-state index is 9.84. The molecule has 0 amide bonds. The molecule has 1 N–H and O–H groups in total. The second-order valence-corrected chi connectivity index (χ2v) is 5.11. The first kappa shape index (κ1) is 23.2. The zero-order valence-corrected chi connectivity index (χ0v) is 14.9. The van der Waals surface area contributed by atoms with Gasteiger partial charge in [-0.25, -0.2) is 0 Å². The number of aliphatic hydroxyl groups is 1. The van der Waals surface area contributed by atoms with Gasteiger partial charge in [-0.1, -0.05) is 51.1 Å². The summed E-state index contributed by atoms with van der Waals surface area (Å²) < 4.78 is 0. The molecule has 0 heterocycles. The van der Waals surface area contributed by atoms with E-state index in [4.69, 9.17) is 9.90 Å². The van der Waals surface area contributed by atoms with Crippen LogP contribution in [0.1, 0.15) is 39.7 Å². The minimum atomic E-state index is -1.08. The summed E-state index contributed by atoms with van der Waals surface area (Å²) in [4.78, 5) is 11.3. The summed E-state index contributed by atoms with van der Waals surface area (Å²) >= 11 is 0. The fourth-order valence-corrected chi connectivity index (χ4v) is 2.33. The average Bonchev–Trinajstić information content (AvgIpc) is 2.50. The zero-order chi connectivity index (χ0) is 16.3. The summed E-state index contributed by atoms with van der Waals surface area (Å²) in [5.41, 5.74) is 1.13. The molecule has 0 aliphatic carbocycles. The zero-order valence-electron chi connectivity index (χ0n) is 14.0. The van der Waals surface area contributed by atoms with Gasteiger partial charge >= 0.3 is 0 Å². The highest BCUT2D eigenvalue weighted by Gasteiger charge is 2.31. The van der Waals surface area contributed by atoms with E-state index in [1.54, 1.807) is 0 Å². The van der Waals surface area contributed by atoms with Gasteiger partial charge in [-0.15, -0.1) is 12.4 Å². The van der Waals surface area contributed by atoms with E-state index in [2.05, 4.69) is 49.9 Å². The van der Waals surface area contributed by atoms with E-state index in [1.165, 1.54) is 5.56 Å². The highest BCUT2D eigenvalue weighted by Crippen LogP contribution is 2.28. The molecule has 128 valence electrons. The van der Waals surface area contributed by atoms with Crippen LogP contribution in [-0.4, -0.2) is 42.2 Å². The first-order chi connectivity index (χ1) is 9.95. The van der Waals surface area contributed by atoms with E-state index in [9.17, 15) is 5.11 Å². The number of aliphatic carboxylic acids is 1. The van der Waals surface area contributed by atoms with Crippen molar-refractivity contribution < 1.29 is 15.0 Å². The molecule has 0 aliphatic rings. The lowest BCUT2D eigenvalue weighted by Gasteiger charge is -2.36. The Bertz CT molecular complexity index is 386. The Morgan fingerprint density at radius 3 is 1.95 bits per heavy atom. The number of nitrogens with zero attached hydrogens (tertiary/aromatic N) is 1. The lowest BCUT2D eigenvalue weighted by atomic mass is 9.78. The number of carbonyl (C=O) groups excluding carboxylic acids is 1. The van der Waals surface area contributed by atoms with Crippen LogP contribution in [0.15, 0.2) is 30.3 Å². The van der Waals surface area contributed by atoms with Crippen molar-refractivity contribution in [1.82, 2.24) is 4.90 Å². The predicted molar refractivity (Wildman–Crippen MR) is 91.2 cm³/mol. The number of hydrogen-bond acceptors (Lipinski definition) is 4. The van der Waals surface area contributed by atoms with E-state index in [0.29, 0.717) is 0 Å². The Morgan fingerprint density at radius 1 is 1.18 bits per heavy atom. The third-order valence-electron chi connectivity index (χ3n) is 3.79. The Hall–Kier alpha value is -1.10. The minimum absolute atomic E-state index is 0. The number of halogens is 1. The topological polar surface area (TPSA) is 63.6 Å². The number of hydrogen-bond donors (Lipinski definition) is 1. The van der Waals surface area contributed by atoms with E-state index >= 15 is 0 Å². The van der Waals surface area contributed by atoms with Crippen LogP contribution in [0, 0.1) is 0 Å². The molecule has 0 fully saturated rings. The Kier molecular flexibility index (Phi) is 13.1. The quantitative estimate of drug-likeness (QED) is 0.828. The van der Waals surface area contributed by atoms with Crippen LogP contribution in [0.4, 0.5) is 0 Å². The van der Waals surface area contributed by atoms with Gasteiger partial charge in [0.05, 0.1) is 6.61 Å². The maximum absolute atomic E-state index is 9.84. The van der Waals surface area contributed by atoms with Crippen molar-refractivity contribution in [2.45, 2.75) is 39.5 Å². The van der Waals surface area contributed by atoms with Crippen molar-refractivity contribution in [3.63, 3.8) is 0 Å². The summed E-state index contributed by atoms with van der Waals surface area (Å²) in [6, 6.07) is 10.4. The van der Waals surface area contributed by atoms with Crippen molar-refractivity contribution in [1.29, 1.82) is 0 Å². The molecule has 1 aromatic carbocycles. The molecule has 0 saturated heterocycles. The molecular formula is C17H29ClNO3-. The molecule has 0 saturated carbocycles. The van der Waals surface area contributed by atoms with E-state index in [1.807, 2.05) is 6.07 Å². The van der Waals surface area contributed by atoms with Gasteiger partial charge in [0.1, 0.15) is 0 Å². The van der Waals surface area contributed by atoms with Gasteiger partial charge in [0.15, 0.2) is 0 Å². The lowest BCUT2D eigenvalue weighted by molar-refractivity contribution is -0.302. The smallest absolute Gasteiger partial charge is 0.0540 e. The molecule has 0 spiro atoms. The van der Waals surface area contributed by atoms with Crippen LogP contribution < -0.4 is 5.11 Å². The van der Waals surface area contributed by atoms with Crippen molar-refractivity contribution in [2.75, 3.05) is 26.2 Å². The van der Waals surface area contributed by atoms with Crippen molar-refractivity contribution in [3.05, 3.63) is 35.9 Å². The van der Waals surface area contributed by atoms with Crippen LogP contribution >= 0.6 is 12.4 Å². The molecule has 4 nitrogen and oxygen atoms in total. The third-order valence-corrected chi connectivity index (χ3v) is 3.79. The van der Waals surface area contributed by atoms with Gasteiger partial charge in [-0.05, 0) is 32.0 Å². The molecule has 0 aliphatic heterocycles. The van der Waals surface area contributed by atoms with E-state index in [0.717, 1.165) is 33.0 Å². The summed E-state index contributed by atoms with van der Waals surface area (Å²) in [6.45, 7) is 10.7.